The number of hydrogen-bond donors (Lipinski definition) is 6. The Labute approximate surface area is 206 Å². The minimum absolute atomic E-state index is 0.0361. The molecule has 1 aromatic rings. The highest BCUT2D eigenvalue weighted by Crippen LogP contribution is 2.52. The smallest absolute Gasteiger partial charge is 0.255 e. The zero-order valence-corrected chi connectivity index (χ0v) is 20.2. The monoisotopic (exact) mass is 499 g/mol. The number of ketones is 3. The highest BCUT2D eigenvalue weighted by Gasteiger charge is 2.63. The van der Waals surface area contributed by atoms with E-state index in [1.54, 1.807) is 21.1 Å². The number of allylic oxidation sites excluding steroid dienone is 1. The molecule has 0 saturated carbocycles. The molecule has 0 fully saturated rings. The average molecular weight is 500 g/mol. The molecule has 4 atom stereocenters. The fourth-order valence-electron chi connectivity index (χ4n) is 5.89. The van der Waals surface area contributed by atoms with E-state index in [4.69, 9.17) is 5.73 Å². The molecule has 192 valence electrons. The van der Waals surface area contributed by atoms with Crippen molar-refractivity contribution in [3.63, 3.8) is 0 Å². The zero-order valence-electron chi connectivity index (χ0n) is 20.2. The van der Waals surface area contributed by atoms with E-state index in [2.05, 4.69) is 5.32 Å². The first-order chi connectivity index (χ1) is 16.9. The van der Waals surface area contributed by atoms with E-state index < -0.39 is 63.8 Å². The van der Waals surface area contributed by atoms with Crippen molar-refractivity contribution in [2.24, 2.45) is 17.6 Å². The molecule has 3 aliphatic rings. The van der Waals surface area contributed by atoms with Gasteiger partial charge in [-0.25, -0.2) is 0 Å². The van der Waals surface area contributed by atoms with Gasteiger partial charge in [0.2, 0.25) is 5.78 Å². The summed E-state index contributed by atoms with van der Waals surface area (Å²) in [6.07, 6.45) is 0.198. The van der Waals surface area contributed by atoms with Crippen LogP contribution in [0, 0.1) is 11.8 Å². The van der Waals surface area contributed by atoms with Crippen LogP contribution in [0.5, 0.6) is 5.75 Å². The number of likely N-dealkylation sites (N-methyl/N-ethyl adjacent to an activating group) is 1. The molecule has 7 N–H and O–H groups in total. The Hall–Kier alpha value is -3.54. The van der Waals surface area contributed by atoms with E-state index in [1.165, 1.54) is 17.0 Å². The van der Waals surface area contributed by atoms with Gasteiger partial charge in [0, 0.05) is 30.0 Å². The number of carbonyl (C=O) groups excluding carboxylic acids is 4. The van der Waals surface area contributed by atoms with Gasteiger partial charge in [-0.15, -0.1) is 0 Å². The molecule has 11 heteroatoms. The standard InChI is InChI=1S/C25H29N3O8/c1-27-7-6-14(29)11-4-5-15(30)17-12(11)8-10-9-13-19(28(2)3)21(32)18(24(26)35)23(34)25(13,36)22(33)16(10)20(17)31/h4-5,10,13,19,27,30,32-33,36H,6-9H2,1-3H3,(H2,26,35)/t10-,13-,19-,25-/m0/s1. The Balaban J connectivity index is 1.92. The number of carbonyl (C=O) groups is 4. The van der Waals surface area contributed by atoms with Crippen LogP contribution >= 0.6 is 0 Å². The first kappa shape index (κ1) is 25.5. The van der Waals surface area contributed by atoms with Crippen molar-refractivity contribution in [1.29, 1.82) is 0 Å². The van der Waals surface area contributed by atoms with Gasteiger partial charge < -0.3 is 31.5 Å². The van der Waals surface area contributed by atoms with E-state index in [-0.39, 0.29) is 41.7 Å². The van der Waals surface area contributed by atoms with Crippen LogP contribution in [0.2, 0.25) is 0 Å². The summed E-state index contributed by atoms with van der Waals surface area (Å²) < 4.78 is 0. The number of aliphatic hydroxyl groups is 3. The summed E-state index contributed by atoms with van der Waals surface area (Å²) in [6, 6.07) is 1.60. The van der Waals surface area contributed by atoms with Crippen molar-refractivity contribution in [1.82, 2.24) is 10.2 Å². The number of hydrogen-bond acceptors (Lipinski definition) is 10. The zero-order chi connectivity index (χ0) is 26.7. The van der Waals surface area contributed by atoms with Crippen LogP contribution in [0.25, 0.3) is 0 Å². The van der Waals surface area contributed by atoms with E-state index in [0.29, 0.717) is 12.1 Å². The second-order valence-corrected chi connectivity index (χ2v) is 9.73. The number of phenolic OH excluding ortho intramolecular Hbond substituents is 1. The predicted molar refractivity (Wildman–Crippen MR) is 127 cm³/mol. The van der Waals surface area contributed by atoms with E-state index in [9.17, 15) is 39.6 Å². The highest BCUT2D eigenvalue weighted by molar-refractivity contribution is 6.25. The highest BCUT2D eigenvalue weighted by atomic mass is 16.3. The number of aromatic hydroxyl groups is 1. The fraction of sp³-hybridized carbons (Fsp3) is 0.440. The molecule has 0 saturated heterocycles. The maximum atomic E-state index is 13.6. The third-order valence-electron chi connectivity index (χ3n) is 7.51. The normalized spacial score (nSPS) is 27.6. The van der Waals surface area contributed by atoms with Crippen molar-refractivity contribution in [3.05, 3.63) is 51.5 Å². The second-order valence-electron chi connectivity index (χ2n) is 9.73. The van der Waals surface area contributed by atoms with Gasteiger partial charge in [-0.3, -0.25) is 24.1 Å². The van der Waals surface area contributed by atoms with Gasteiger partial charge in [0.05, 0.1) is 11.6 Å². The molecule has 1 aromatic carbocycles. The summed E-state index contributed by atoms with van der Waals surface area (Å²) in [7, 11) is 4.82. The first-order valence-electron chi connectivity index (χ1n) is 11.5. The number of rotatable bonds is 6. The maximum Gasteiger partial charge on any atom is 0.255 e. The van der Waals surface area contributed by atoms with Crippen molar-refractivity contribution >= 4 is 23.3 Å². The van der Waals surface area contributed by atoms with Crippen molar-refractivity contribution in [2.75, 3.05) is 27.7 Å². The molecule has 0 aromatic heterocycles. The quantitative estimate of drug-likeness (QED) is 0.228. The van der Waals surface area contributed by atoms with E-state index in [1.807, 2.05) is 0 Å². The average Bonchev–Trinajstić information content (AvgIpc) is 2.79. The molecular weight excluding hydrogens is 470 g/mol. The Morgan fingerprint density at radius 1 is 1.19 bits per heavy atom. The van der Waals surface area contributed by atoms with Gasteiger partial charge in [0.25, 0.3) is 5.91 Å². The largest absolute Gasteiger partial charge is 0.510 e. The van der Waals surface area contributed by atoms with Crippen LogP contribution in [-0.4, -0.2) is 87.9 Å². The topological polar surface area (TPSA) is 190 Å². The Bertz CT molecular complexity index is 1260. The van der Waals surface area contributed by atoms with E-state index >= 15 is 0 Å². The molecule has 4 rings (SSSR count). The molecule has 0 spiro atoms. The van der Waals surface area contributed by atoms with Gasteiger partial charge in [0.1, 0.15) is 22.8 Å². The molecule has 36 heavy (non-hydrogen) atoms. The molecule has 3 aliphatic carbocycles. The molecule has 0 radical (unpaired) electrons. The van der Waals surface area contributed by atoms with Gasteiger partial charge in [-0.2, -0.15) is 0 Å². The molecule has 0 heterocycles. The number of Topliss-reactive ketones (excluding diaryl/α,β-unsaturated/α-hetero) is 3. The number of aliphatic hydroxyl groups excluding tert-OH is 2. The Morgan fingerprint density at radius 2 is 1.86 bits per heavy atom. The lowest BCUT2D eigenvalue weighted by Gasteiger charge is -2.50. The molecule has 1 amide bonds. The lowest BCUT2D eigenvalue weighted by atomic mass is 9.58. The predicted octanol–water partition coefficient (Wildman–Crippen LogP) is -0.0872. The number of amides is 1. The number of fused-ring (bicyclic) bond motifs is 3. The third kappa shape index (κ3) is 3.46. The lowest BCUT2D eigenvalue weighted by Crippen LogP contribution is -2.63. The Kier molecular flexibility index (Phi) is 6.27. The summed E-state index contributed by atoms with van der Waals surface area (Å²) in [5, 5.41) is 47.0. The molecule has 0 aliphatic heterocycles. The number of nitrogens with two attached hydrogens (primary N) is 1. The number of primary amides is 1. The van der Waals surface area contributed by atoms with Gasteiger partial charge in [-0.1, -0.05) is 0 Å². The molecule has 0 unspecified atom stereocenters. The van der Waals surface area contributed by atoms with Crippen molar-refractivity contribution in [2.45, 2.75) is 30.9 Å². The van der Waals surface area contributed by atoms with Crippen LogP contribution in [0.1, 0.15) is 39.1 Å². The number of nitrogens with zero attached hydrogens (tertiary/aromatic N) is 1. The summed E-state index contributed by atoms with van der Waals surface area (Å²) >= 11 is 0. The SMILES string of the molecule is CNCCC(=O)c1ccc(O)c2c1C[C@H]1C[C@H]3[C@H](N(C)C)C(O)=C(C(N)=O)C(=O)[C@@]3(O)C(O)=C1C2=O. The van der Waals surface area contributed by atoms with Gasteiger partial charge in [0.15, 0.2) is 17.2 Å². The lowest BCUT2D eigenvalue weighted by molar-refractivity contribution is -0.148. The first-order valence-corrected chi connectivity index (χ1v) is 11.5. The Morgan fingerprint density at radius 3 is 2.44 bits per heavy atom. The number of nitrogens with one attached hydrogen (secondary N) is 1. The number of phenols is 1. The second kappa shape index (κ2) is 8.84. The van der Waals surface area contributed by atoms with Crippen molar-refractivity contribution < 1.29 is 39.6 Å². The fourth-order valence-corrected chi connectivity index (χ4v) is 5.89. The number of benzene rings is 1. The summed E-state index contributed by atoms with van der Waals surface area (Å²) in [4.78, 5) is 53.2. The summed E-state index contributed by atoms with van der Waals surface area (Å²) in [5.41, 5.74) is 1.93. The van der Waals surface area contributed by atoms with Crippen LogP contribution in [-0.2, 0) is 16.0 Å². The van der Waals surface area contributed by atoms with Gasteiger partial charge >= 0.3 is 0 Å². The van der Waals surface area contributed by atoms with Crippen LogP contribution in [0.4, 0.5) is 0 Å². The van der Waals surface area contributed by atoms with Crippen molar-refractivity contribution in [3.8, 4) is 5.75 Å². The van der Waals surface area contributed by atoms with E-state index in [0.717, 1.165) is 0 Å². The molecule has 11 nitrogen and oxygen atoms in total. The van der Waals surface area contributed by atoms with Gasteiger partial charge in [-0.05, 0) is 57.6 Å². The summed E-state index contributed by atoms with van der Waals surface area (Å²) in [6.45, 7) is 0.410. The van der Waals surface area contributed by atoms with Crippen LogP contribution < -0.4 is 11.1 Å². The molecular formula is C25H29N3O8. The summed E-state index contributed by atoms with van der Waals surface area (Å²) in [5.74, 6) is -7.44. The minimum atomic E-state index is -2.69. The maximum absolute atomic E-state index is 13.6. The minimum Gasteiger partial charge on any atom is -0.510 e. The molecule has 0 bridgehead atoms. The van der Waals surface area contributed by atoms with Crippen LogP contribution in [0.3, 0.4) is 0 Å². The third-order valence-corrected chi connectivity index (χ3v) is 7.51. The van der Waals surface area contributed by atoms with Crippen LogP contribution in [0.15, 0.2) is 34.8 Å².